The molecule has 0 unspecified atom stereocenters. The van der Waals surface area contributed by atoms with Crippen LogP contribution in [0.3, 0.4) is 0 Å². The summed E-state index contributed by atoms with van der Waals surface area (Å²) in [5, 5.41) is 0. The minimum atomic E-state index is -0.466. The average Bonchev–Trinajstić information content (AvgIpc) is 3.37. The van der Waals surface area contributed by atoms with E-state index in [0.29, 0.717) is 6.04 Å². The zero-order chi connectivity index (χ0) is 18.8. The number of nitrogens with zero attached hydrogens (tertiary/aromatic N) is 2. The predicted octanol–water partition coefficient (Wildman–Crippen LogP) is 3.79. The lowest BCUT2D eigenvalue weighted by molar-refractivity contribution is -0.151. The smallest absolute Gasteiger partial charge is 0.331 e. The summed E-state index contributed by atoms with van der Waals surface area (Å²) >= 11 is 0. The Kier molecular flexibility index (Phi) is 5.54. The van der Waals surface area contributed by atoms with E-state index in [-0.39, 0.29) is 24.6 Å². The number of esters is 1. The number of aryl methyl sites for hydroxylation is 1. The van der Waals surface area contributed by atoms with Crippen LogP contribution in [-0.2, 0) is 14.3 Å². The maximum Gasteiger partial charge on any atom is 0.331 e. The van der Waals surface area contributed by atoms with Gasteiger partial charge in [-0.15, -0.1) is 0 Å². The maximum atomic E-state index is 12.4. The molecule has 1 aliphatic carbocycles. The fraction of sp³-hybridized carbons (Fsp3) is 0.619. The molecular weight excluding hydrogens is 328 g/mol. The van der Waals surface area contributed by atoms with Gasteiger partial charge in [-0.05, 0) is 77.5 Å². The summed E-state index contributed by atoms with van der Waals surface area (Å²) in [4.78, 5) is 26.3. The van der Waals surface area contributed by atoms with Crippen LogP contribution in [0, 0.1) is 13.8 Å². The van der Waals surface area contributed by atoms with Crippen LogP contribution in [0.1, 0.15) is 68.9 Å². The molecule has 142 valence electrons. The number of carbonyl (C=O) groups is 2. The van der Waals surface area contributed by atoms with Crippen LogP contribution in [-0.4, -0.2) is 40.0 Å². The molecule has 2 fully saturated rings. The van der Waals surface area contributed by atoms with E-state index >= 15 is 0 Å². The van der Waals surface area contributed by atoms with Gasteiger partial charge in [-0.1, -0.05) is 0 Å². The first-order chi connectivity index (χ1) is 12.4. The van der Waals surface area contributed by atoms with E-state index in [9.17, 15) is 9.59 Å². The van der Waals surface area contributed by atoms with Gasteiger partial charge in [0.15, 0.2) is 6.61 Å². The van der Waals surface area contributed by atoms with Crippen molar-refractivity contribution in [2.24, 2.45) is 0 Å². The summed E-state index contributed by atoms with van der Waals surface area (Å²) in [6, 6.07) is 3.15. The molecule has 2 atom stereocenters. The highest BCUT2D eigenvalue weighted by atomic mass is 16.5. The third-order valence-corrected chi connectivity index (χ3v) is 5.65. The van der Waals surface area contributed by atoms with Crippen molar-refractivity contribution in [1.82, 2.24) is 9.47 Å². The Balaban J connectivity index is 1.55. The fourth-order valence-corrected chi connectivity index (χ4v) is 4.19. The van der Waals surface area contributed by atoms with E-state index in [1.165, 1.54) is 30.3 Å². The molecule has 2 heterocycles. The second-order valence-electron chi connectivity index (χ2n) is 7.80. The molecule has 0 bridgehead atoms. The highest BCUT2D eigenvalue weighted by Crippen LogP contribution is 2.38. The minimum Gasteiger partial charge on any atom is -0.452 e. The van der Waals surface area contributed by atoms with Crippen LogP contribution in [0.2, 0.25) is 0 Å². The number of aromatic nitrogens is 1. The number of carbonyl (C=O) groups excluding carboxylic acids is 2. The van der Waals surface area contributed by atoms with Gasteiger partial charge in [0.1, 0.15) is 0 Å². The standard InChI is InChI=1S/C21H30N2O3/c1-14-6-5-7-15(2)22(14)20(24)13-26-21(25)11-8-18-12-16(3)23(17(18)4)19-9-10-19/h8,11-12,14-15,19H,5-7,9-10,13H2,1-4H3/b11-8+/t14-,15-/m0/s1. The number of amides is 1. The number of ether oxygens (including phenoxy) is 1. The fourth-order valence-electron chi connectivity index (χ4n) is 4.19. The lowest BCUT2D eigenvalue weighted by atomic mass is 9.97. The lowest BCUT2D eigenvalue weighted by Gasteiger charge is -2.38. The molecule has 5 heteroatoms. The van der Waals surface area contributed by atoms with Gasteiger partial charge >= 0.3 is 5.97 Å². The van der Waals surface area contributed by atoms with Crippen LogP contribution in [0.4, 0.5) is 0 Å². The maximum absolute atomic E-state index is 12.4. The molecule has 5 nitrogen and oxygen atoms in total. The minimum absolute atomic E-state index is 0.0987. The predicted molar refractivity (Wildman–Crippen MR) is 102 cm³/mol. The van der Waals surface area contributed by atoms with Crippen molar-refractivity contribution in [2.75, 3.05) is 6.61 Å². The Bertz CT molecular complexity index is 705. The Hall–Kier alpha value is -2.04. The van der Waals surface area contributed by atoms with Gasteiger partial charge in [0.25, 0.3) is 5.91 Å². The van der Waals surface area contributed by atoms with Crippen molar-refractivity contribution in [2.45, 2.75) is 77.9 Å². The summed E-state index contributed by atoms with van der Waals surface area (Å²) < 4.78 is 7.53. The number of likely N-dealkylation sites (tertiary alicyclic amines) is 1. The van der Waals surface area contributed by atoms with Gasteiger partial charge in [-0.3, -0.25) is 4.79 Å². The first-order valence-corrected chi connectivity index (χ1v) is 9.73. The van der Waals surface area contributed by atoms with Gasteiger partial charge in [0.05, 0.1) is 0 Å². The Morgan fingerprint density at radius 1 is 1.15 bits per heavy atom. The molecule has 1 saturated heterocycles. The lowest BCUT2D eigenvalue weighted by Crippen LogP contribution is -2.49. The average molecular weight is 358 g/mol. The first kappa shape index (κ1) is 18.7. The number of hydrogen-bond acceptors (Lipinski definition) is 3. The van der Waals surface area contributed by atoms with Gasteiger partial charge in [-0.25, -0.2) is 4.79 Å². The van der Waals surface area contributed by atoms with Crippen molar-refractivity contribution >= 4 is 18.0 Å². The van der Waals surface area contributed by atoms with E-state index in [0.717, 1.165) is 24.8 Å². The second-order valence-corrected chi connectivity index (χ2v) is 7.80. The van der Waals surface area contributed by atoms with Crippen LogP contribution in [0.15, 0.2) is 12.1 Å². The van der Waals surface area contributed by atoms with E-state index in [1.807, 2.05) is 4.90 Å². The summed E-state index contributed by atoms with van der Waals surface area (Å²) in [5.74, 6) is -0.565. The van der Waals surface area contributed by atoms with Crippen molar-refractivity contribution in [3.63, 3.8) is 0 Å². The number of hydrogen-bond donors (Lipinski definition) is 0. The summed E-state index contributed by atoms with van der Waals surface area (Å²) in [6.45, 7) is 8.12. The Morgan fingerprint density at radius 3 is 2.42 bits per heavy atom. The molecule has 1 saturated carbocycles. The summed E-state index contributed by atoms with van der Waals surface area (Å²) in [7, 11) is 0. The third-order valence-electron chi connectivity index (χ3n) is 5.65. The van der Waals surface area contributed by atoms with E-state index in [4.69, 9.17) is 4.74 Å². The number of rotatable bonds is 5. The number of piperidine rings is 1. The van der Waals surface area contributed by atoms with Gasteiger partial charge < -0.3 is 14.2 Å². The van der Waals surface area contributed by atoms with Crippen LogP contribution >= 0.6 is 0 Å². The zero-order valence-corrected chi connectivity index (χ0v) is 16.3. The molecule has 0 aromatic carbocycles. The van der Waals surface area contributed by atoms with Crippen LogP contribution < -0.4 is 0 Å². The molecule has 26 heavy (non-hydrogen) atoms. The molecule has 0 spiro atoms. The topological polar surface area (TPSA) is 51.5 Å². The SMILES string of the molecule is Cc1cc(/C=C/C(=O)OCC(=O)N2[C@@H](C)CCC[C@@H]2C)c(C)n1C1CC1. The monoisotopic (exact) mass is 358 g/mol. The third kappa shape index (κ3) is 4.02. The van der Waals surface area contributed by atoms with E-state index in [2.05, 4.69) is 38.3 Å². The van der Waals surface area contributed by atoms with E-state index < -0.39 is 5.97 Å². The van der Waals surface area contributed by atoms with Crippen molar-refractivity contribution < 1.29 is 14.3 Å². The molecule has 1 aliphatic heterocycles. The molecule has 1 aromatic heterocycles. The first-order valence-electron chi connectivity index (χ1n) is 9.73. The van der Waals surface area contributed by atoms with Crippen molar-refractivity contribution in [1.29, 1.82) is 0 Å². The largest absolute Gasteiger partial charge is 0.452 e. The molecule has 0 N–H and O–H groups in total. The van der Waals surface area contributed by atoms with Gasteiger partial charge in [0.2, 0.25) is 0 Å². The van der Waals surface area contributed by atoms with Gasteiger partial charge in [0, 0.05) is 35.6 Å². The summed E-state index contributed by atoms with van der Waals surface area (Å²) in [5.41, 5.74) is 3.44. The van der Waals surface area contributed by atoms with E-state index in [1.54, 1.807) is 6.08 Å². The molecule has 1 aromatic rings. The molecule has 2 aliphatic rings. The Labute approximate surface area is 156 Å². The van der Waals surface area contributed by atoms with Gasteiger partial charge in [-0.2, -0.15) is 0 Å². The van der Waals surface area contributed by atoms with Crippen molar-refractivity contribution in [3.05, 3.63) is 29.1 Å². The second kappa shape index (κ2) is 7.68. The zero-order valence-electron chi connectivity index (χ0n) is 16.3. The molecule has 3 rings (SSSR count). The molecule has 0 radical (unpaired) electrons. The normalized spacial score (nSPS) is 23.5. The summed E-state index contributed by atoms with van der Waals surface area (Å²) in [6.07, 6.45) is 8.86. The Morgan fingerprint density at radius 2 is 1.81 bits per heavy atom. The molecular formula is C21H30N2O3. The van der Waals surface area contributed by atoms with Crippen LogP contribution in [0.25, 0.3) is 6.08 Å². The quantitative estimate of drug-likeness (QED) is 0.594. The highest BCUT2D eigenvalue weighted by molar-refractivity contribution is 5.89. The van der Waals surface area contributed by atoms with Crippen molar-refractivity contribution in [3.8, 4) is 0 Å². The molecule has 1 amide bonds. The highest BCUT2D eigenvalue weighted by Gasteiger charge is 2.29. The van der Waals surface area contributed by atoms with Crippen LogP contribution in [0.5, 0.6) is 0 Å².